The minimum atomic E-state index is -4.43. The number of hydrogen-bond acceptors (Lipinski definition) is 4. The van der Waals surface area contributed by atoms with Gasteiger partial charge in [-0.05, 0) is 35.9 Å². The number of benzene rings is 2. The summed E-state index contributed by atoms with van der Waals surface area (Å²) < 4.78 is 50.6. The van der Waals surface area contributed by atoms with E-state index in [9.17, 15) is 18.0 Å². The molecule has 2 aromatic carbocycles. The molecule has 0 saturated carbocycles. The Bertz CT molecular complexity index is 1150. The van der Waals surface area contributed by atoms with Gasteiger partial charge in [-0.1, -0.05) is 24.8 Å². The van der Waals surface area contributed by atoms with Gasteiger partial charge in [-0.3, -0.25) is 0 Å². The summed E-state index contributed by atoms with van der Waals surface area (Å²) in [5, 5.41) is 16.1. The highest BCUT2D eigenvalue weighted by Crippen LogP contribution is 2.35. The summed E-state index contributed by atoms with van der Waals surface area (Å²) in [6.07, 6.45) is -4.18. The highest BCUT2D eigenvalue weighted by atomic mass is 19.4. The fourth-order valence-electron chi connectivity index (χ4n) is 3.36. The minimum Gasteiger partial charge on any atom is -0.465 e. The topological polar surface area (TPSA) is 85.6 Å². The zero-order chi connectivity index (χ0) is 22.9. The summed E-state index contributed by atoms with van der Waals surface area (Å²) in [5.74, 6) is 0.461. The first-order valence-electron chi connectivity index (χ1n) is 9.47. The Labute approximate surface area is 180 Å². The number of carboxylic acid groups (broad SMARTS) is 1. The number of ether oxygens (including phenoxy) is 2. The summed E-state index contributed by atoms with van der Waals surface area (Å²) >= 11 is 0. The molecule has 1 amide bonds. The number of hydrogen-bond donors (Lipinski definition) is 2. The quantitative estimate of drug-likeness (QED) is 0.561. The van der Waals surface area contributed by atoms with Crippen LogP contribution in [-0.2, 0) is 16.5 Å². The van der Waals surface area contributed by atoms with Crippen LogP contribution in [0.3, 0.4) is 0 Å². The molecule has 1 aliphatic heterocycles. The minimum absolute atomic E-state index is 0.206. The van der Waals surface area contributed by atoms with E-state index in [0.717, 1.165) is 17.7 Å². The largest absolute Gasteiger partial charge is 0.465 e. The number of amides is 1. The maximum atomic E-state index is 12.8. The molecule has 0 radical (unpaired) electrons. The van der Waals surface area contributed by atoms with Gasteiger partial charge in [0.1, 0.15) is 11.3 Å². The van der Waals surface area contributed by atoms with Crippen molar-refractivity contribution in [3.63, 3.8) is 0 Å². The van der Waals surface area contributed by atoms with Crippen LogP contribution in [0.5, 0.6) is 11.6 Å². The maximum absolute atomic E-state index is 12.8. The molecule has 1 saturated heterocycles. The summed E-state index contributed by atoms with van der Waals surface area (Å²) in [5.41, 5.74) is 0.325. The van der Waals surface area contributed by atoms with Crippen molar-refractivity contribution in [1.82, 2.24) is 15.1 Å². The lowest BCUT2D eigenvalue weighted by atomic mass is 9.87. The van der Waals surface area contributed by atoms with Crippen molar-refractivity contribution >= 4 is 12.3 Å². The molecule has 7 nitrogen and oxygen atoms in total. The molecule has 0 spiro atoms. The van der Waals surface area contributed by atoms with Crippen molar-refractivity contribution in [1.29, 1.82) is 0 Å². The van der Waals surface area contributed by atoms with Crippen LogP contribution in [0.2, 0.25) is 0 Å². The molecule has 0 unspecified atom stereocenters. The van der Waals surface area contributed by atoms with Crippen molar-refractivity contribution in [2.45, 2.75) is 11.7 Å². The summed E-state index contributed by atoms with van der Waals surface area (Å²) in [7, 11) is 0. The zero-order valence-electron chi connectivity index (χ0n) is 16.6. The second-order valence-corrected chi connectivity index (χ2v) is 7.21. The highest BCUT2D eigenvalue weighted by Gasteiger charge is 2.42. The molecule has 1 aromatic heterocycles. The van der Waals surface area contributed by atoms with Gasteiger partial charge in [-0.15, -0.1) is 0 Å². The van der Waals surface area contributed by atoms with E-state index < -0.39 is 23.4 Å². The van der Waals surface area contributed by atoms with E-state index in [1.54, 1.807) is 30.3 Å². The first-order chi connectivity index (χ1) is 15.2. The standard InChI is InChI=1S/C22H18F3N3O4/c1-2-28-19(32-17-8-6-15(7-9-17)22(23,24)25)11-18(27-28)14-4-3-5-16(10-14)21(12-31-13-21)26-20(29)30/h2-11,26H,1,12-13H2,(H,29,30). The van der Waals surface area contributed by atoms with Crippen LogP contribution >= 0.6 is 0 Å². The van der Waals surface area contributed by atoms with E-state index in [-0.39, 0.29) is 24.8 Å². The third-order valence-corrected chi connectivity index (χ3v) is 5.03. The van der Waals surface area contributed by atoms with Gasteiger partial charge in [-0.2, -0.15) is 18.3 Å². The fourth-order valence-corrected chi connectivity index (χ4v) is 3.36. The highest BCUT2D eigenvalue weighted by molar-refractivity contribution is 5.68. The number of aromatic nitrogens is 2. The number of alkyl halides is 3. The number of halogens is 3. The monoisotopic (exact) mass is 445 g/mol. The Morgan fingerprint density at radius 2 is 1.94 bits per heavy atom. The Hall–Kier alpha value is -3.79. The lowest BCUT2D eigenvalue weighted by Gasteiger charge is -2.41. The summed E-state index contributed by atoms with van der Waals surface area (Å²) in [6.45, 7) is 4.11. The van der Waals surface area contributed by atoms with Crippen molar-refractivity contribution in [2.24, 2.45) is 0 Å². The van der Waals surface area contributed by atoms with Crippen LogP contribution in [0.1, 0.15) is 11.1 Å². The van der Waals surface area contributed by atoms with Crippen LogP contribution in [0.25, 0.3) is 17.5 Å². The van der Waals surface area contributed by atoms with Gasteiger partial charge >= 0.3 is 12.3 Å². The van der Waals surface area contributed by atoms with E-state index in [0.29, 0.717) is 11.3 Å². The molecule has 0 bridgehead atoms. The second kappa shape index (κ2) is 8.04. The van der Waals surface area contributed by atoms with E-state index in [2.05, 4.69) is 17.0 Å². The molecule has 4 rings (SSSR count). The Balaban J connectivity index is 1.61. The van der Waals surface area contributed by atoms with Crippen molar-refractivity contribution in [3.8, 4) is 22.9 Å². The summed E-state index contributed by atoms with van der Waals surface area (Å²) in [6, 6.07) is 13.1. The normalized spacial score (nSPS) is 15.0. The van der Waals surface area contributed by atoms with Gasteiger partial charge in [0.2, 0.25) is 5.88 Å². The molecule has 2 N–H and O–H groups in total. The molecule has 0 aliphatic carbocycles. The van der Waals surface area contributed by atoms with E-state index >= 15 is 0 Å². The average Bonchev–Trinajstić information content (AvgIpc) is 3.13. The van der Waals surface area contributed by atoms with Crippen LogP contribution in [0.4, 0.5) is 18.0 Å². The zero-order valence-corrected chi connectivity index (χ0v) is 16.6. The molecule has 32 heavy (non-hydrogen) atoms. The molecule has 3 aromatic rings. The molecule has 1 fully saturated rings. The SMILES string of the molecule is C=Cn1nc(-c2cccc(C3(NC(=O)O)COC3)c2)cc1Oc1ccc(C(F)(F)F)cc1. The van der Waals surface area contributed by atoms with Crippen LogP contribution in [-0.4, -0.2) is 34.2 Å². The second-order valence-electron chi connectivity index (χ2n) is 7.21. The lowest BCUT2D eigenvalue weighted by Crippen LogP contribution is -2.59. The van der Waals surface area contributed by atoms with Gasteiger partial charge in [0.05, 0.1) is 24.5 Å². The third kappa shape index (κ3) is 4.17. The van der Waals surface area contributed by atoms with E-state index in [1.165, 1.54) is 23.0 Å². The van der Waals surface area contributed by atoms with Crippen molar-refractivity contribution in [3.05, 3.63) is 72.3 Å². The van der Waals surface area contributed by atoms with Gasteiger partial charge in [0, 0.05) is 17.8 Å². The number of carbonyl (C=O) groups is 1. The molecular weight excluding hydrogens is 427 g/mol. The van der Waals surface area contributed by atoms with Crippen LogP contribution in [0.15, 0.2) is 61.2 Å². The van der Waals surface area contributed by atoms with Gasteiger partial charge < -0.3 is 19.9 Å². The number of nitrogens with one attached hydrogen (secondary N) is 1. The van der Waals surface area contributed by atoms with Gasteiger partial charge in [0.25, 0.3) is 0 Å². The molecule has 1 aliphatic rings. The number of rotatable bonds is 6. The molecule has 2 heterocycles. The Morgan fingerprint density at radius 3 is 2.50 bits per heavy atom. The van der Waals surface area contributed by atoms with Crippen LogP contribution in [0, 0.1) is 0 Å². The fraction of sp³-hybridized carbons (Fsp3) is 0.182. The Kier molecular flexibility index (Phi) is 5.39. The van der Waals surface area contributed by atoms with E-state index in [1.807, 2.05) is 0 Å². The first kappa shape index (κ1) is 21.4. The van der Waals surface area contributed by atoms with Crippen molar-refractivity contribution in [2.75, 3.05) is 13.2 Å². The molecular formula is C22H18F3N3O4. The van der Waals surface area contributed by atoms with Crippen LogP contribution < -0.4 is 10.1 Å². The third-order valence-electron chi connectivity index (χ3n) is 5.03. The van der Waals surface area contributed by atoms with Crippen molar-refractivity contribution < 1.29 is 32.5 Å². The Morgan fingerprint density at radius 1 is 1.22 bits per heavy atom. The lowest BCUT2D eigenvalue weighted by molar-refractivity contribution is -0.137. The number of nitrogens with zero attached hydrogens (tertiary/aromatic N) is 2. The van der Waals surface area contributed by atoms with E-state index in [4.69, 9.17) is 14.6 Å². The predicted molar refractivity (Wildman–Crippen MR) is 109 cm³/mol. The molecule has 10 heteroatoms. The van der Waals surface area contributed by atoms with Gasteiger partial charge in [-0.25, -0.2) is 9.48 Å². The smallest absolute Gasteiger partial charge is 0.416 e. The summed E-state index contributed by atoms with van der Waals surface area (Å²) in [4.78, 5) is 11.2. The maximum Gasteiger partial charge on any atom is 0.416 e. The average molecular weight is 445 g/mol. The molecule has 0 atom stereocenters. The first-order valence-corrected chi connectivity index (χ1v) is 9.47. The van der Waals surface area contributed by atoms with Gasteiger partial charge in [0.15, 0.2) is 0 Å². The predicted octanol–water partition coefficient (Wildman–Crippen LogP) is 4.95. The molecule has 166 valence electrons.